The van der Waals surface area contributed by atoms with Gasteiger partial charge in [-0.05, 0) is 31.0 Å². The van der Waals surface area contributed by atoms with Gasteiger partial charge in [0.1, 0.15) is 29.2 Å². The predicted molar refractivity (Wildman–Crippen MR) is 89.0 cm³/mol. The van der Waals surface area contributed by atoms with Gasteiger partial charge in [0.05, 0.1) is 0 Å². The maximum absolute atomic E-state index is 13.1. The van der Waals surface area contributed by atoms with E-state index in [0.29, 0.717) is 23.6 Å². The maximum Gasteiger partial charge on any atom is 0.287 e. The smallest absolute Gasteiger partial charge is 0.287 e. The van der Waals surface area contributed by atoms with Gasteiger partial charge in [0, 0.05) is 23.4 Å². The Morgan fingerprint density at radius 1 is 1.21 bits per heavy atom. The van der Waals surface area contributed by atoms with Gasteiger partial charge in [-0.15, -0.1) is 0 Å². The number of nitrogens with one attached hydrogen (secondary N) is 1. The Morgan fingerprint density at radius 3 is 2.58 bits per heavy atom. The molecule has 8 heteroatoms. The van der Waals surface area contributed by atoms with Crippen molar-refractivity contribution in [3.63, 3.8) is 0 Å². The van der Waals surface area contributed by atoms with E-state index in [1.807, 2.05) is 13.8 Å². The quantitative estimate of drug-likeness (QED) is 0.846. The molecule has 7 nitrogen and oxygen atoms in total. The van der Waals surface area contributed by atoms with Crippen LogP contribution in [-0.2, 0) is 5.66 Å². The van der Waals surface area contributed by atoms with Crippen molar-refractivity contribution in [1.29, 1.82) is 0 Å². The van der Waals surface area contributed by atoms with Gasteiger partial charge in [-0.1, -0.05) is 13.8 Å². The molecule has 1 unspecified atom stereocenters. The molecule has 1 N–H and O–H groups in total. The lowest BCUT2D eigenvalue weighted by Crippen LogP contribution is -2.62. The molecule has 0 bridgehead atoms. The van der Waals surface area contributed by atoms with E-state index in [2.05, 4.69) is 15.3 Å². The molecule has 2 aromatic heterocycles. The van der Waals surface area contributed by atoms with E-state index < -0.39 is 5.66 Å². The number of carbonyl (C=O) groups excluding carboxylic acids is 1. The summed E-state index contributed by atoms with van der Waals surface area (Å²) < 4.78 is 2.73. The number of nitrogens with zero attached hydrogens (tertiary/aromatic N) is 4. The Morgan fingerprint density at radius 2 is 2.00 bits per heavy atom. The standard InChI is InChI=1S/C16H16ClN5O2/c1-15(2)6-7-16(15)21-11(14(24)22(16)17)4-3-10(13(21)23)20-12-5-8-18-9-19-12/h3-5,8-9H,6-7H2,1-2H3,(H,18,19,20). The number of halogens is 1. The fourth-order valence-electron chi connectivity index (χ4n) is 3.65. The zero-order valence-electron chi connectivity index (χ0n) is 13.3. The van der Waals surface area contributed by atoms with Gasteiger partial charge >= 0.3 is 0 Å². The van der Waals surface area contributed by atoms with Crippen LogP contribution in [0.1, 0.15) is 37.2 Å². The molecular weight excluding hydrogens is 330 g/mol. The van der Waals surface area contributed by atoms with Crippen LogP contribution in [0.2, 0.25) is 0 Å². The molecule has 3 heterocycles. The molecule has 1 saturated carbocycles. The summed E-state index contributed by atoms with van der Waals surface area (Å²) in [6.45, 7) is 4.04. The Balaban J connectivity index is 1.87. The van der Waals surface area contributed by atoms with Crippen LogP contribution in [0.5, 0.6) is 0 Å². The molecular formula is C16H16ClN5O2. The first kappa shape index (κ1) is 15.1. The van der Waals surface area contributed by atoms with Crippen LogP contribution in [0, 0.1) is 5.41 Å². The van der Waals surface area contributed by atoms with Gasteiger partial charge < -0.3 is 5.32 Å². The van der Waals surface area contributed by atoms with Crippen LogP contribution in [0.25, 0.3) is 0 Å². The average molecular weight is 346 g/mol. The molecule has 1 spiro atoms. The van der Waals surface area contributed by atoms with E-state index in [4.69, 9.17) is 11.8 Å². The molecule has 0 radical (unpaired) electrons. The molecule has 2 aromatic rings. The maximum atomic E-state index is 13.1. The number of anilines is 2. The number of aromatic nitrogens is 3. The van der Waals surface area contributed by atoms with Gasteiger partial charge in [-0.2, -0.15) is 0 Å². The fraction of sp³-hybridized carbons (Fsp3) is 0.375. The Kier molecular flexibility index (Phi) is 3.02. The summed E-state index contributed by atoms with van der Waals surface area (Å²) in [6, 6.07) is 4.88. The van der Waals surface area contributed by atoms with Crippen molar-refractivity contribution in [2.75, 3.05) is 5.32 Å². The molecule has 1 aliphatic carbocycles. The number of hydrogen-bond donors (Lipinski definition) is 1. The van der Waals surface area contributed by atoms with E-state index >= 15 is 0 Å². The van der Waals surface area contributed by atoms with Gasteiger partial charge in [0.2, 0.25) is 0 Å². The van der Waals surface area contributed by atoms with Crippen molar-refractivity contribution in [3.8, 4) is 0 Å². The lowest BCUT2D eigenvalue weighted by atomic mass is 9.61. The van der Waals surface area contributed by atoms with Crippen LogP contribution >= 0.6 is 11.8 Å². The lowest BCUT2D eigenvalue weighted by molar-refractivity contribution is -0.0962. The Bertz CT molecular complexity index is 895. The van der Waals surface area contributed by atoms with Crippen molar-refractivity contribution >= 4 is 29.2 Å². The number of carbonyl (C=O) groups is 1. The van der Waals surface area contributed by atoms with Gasteiger partial charge in [0.25, 0.3) is 11.5 Å². The van der Waals surface area contributed by atoms with E-state index in [0.717, 1.165) is 6.42 Å². The number of fused-ring (bicyclic) bond motifs is 2. The number of pyridine rings is 1. The van der Waals surface area contributed by atoms with Crippen LogP contribution in [0.4, 0.5) is 11.5 Å². The largest absolute Gasteiger partial charge is 0.336 e. The molecule has 1 fully saturated rings. The average Bonchev–Trinajstić information content (AvgIpc) is 2.81. The second kappa shape index (κ2) is 4.80. The molecule has 1 aliphatic heterocycles. The second-order valence-corrected chi connectivity index (χ2v) is 7.12. The molecule has 24 heavy (non-hydrogen) atoms. The molecule has 0 saturated heterocycles. The summed E-state index contributed by atoms with van der Waals surface area (Å²) in [5, 5.41) is 2.99. The summed E-state index contributed by atoms with van der Waals surface area (Å²) in [5.74, 6) is 0.173. The van der Waals surface area contributed by atoms with Crippen LogP contribution in [0.3, 0.4) is 0 Å². The van der Waals surface area contributed by atoms with Gasteiger partial charge in [-0.3, -0.25) is 14.2 Å². The zero-order chi connectivity index (χ0) is 17.1. The summed E-state index contributed by atoms with van der Waals surface area (Å²) >= 11 is 6.34. The lowest BCUT2D eigenvalue weighted by Gasteiger charge is -2.56. The molecule has 1 amide bonds. The summed E-state index contributed by atoms with van der Waals surface area (Å²) in [4.78, 5) is 33.5. The van der Waals surface area contributed by atoms with Gasteiger partial charge in [-0.25, -0.2) is 14.4 Å². The second-order valence-electron chi connectivity index (χ2n) is 6.78. The van der Waals surface area contributed by atoms with Crippen LogP contribution in [0.15, 0.2) is 35.5 Å². The topological polar surface area (TPSA) is 80.1 Å². The molecule has 2 aliphatic rings. The van der Waals surface area contributed by atoms with Crippen molar-refractivity contribution in [2.45, 2.75) is 32.4 Å². The SMILES string of the molecule is CC1(C)CCC12N(Cl)C(=O)c1ccc(Nc3ccncn3)c(=O)n12. The first-order valence-electron chi connectivity index (χ1n) is 7.68. The first-order valence-corrected chi connectivity index (χ1v) is 8.02. The predicted octanol–water partition coefficient (Wildman–Crippen LogP) is 2.46. The zero-order valence-corrected chi connectivity index (χ0v) is 14.0. The van der Waals surface area contributed by atoms with Crippen LogP contribution in [-0.4, -0.2) is 24.9 Å². The first-order chi connectivity index (χ1) is 11.4. The minimum atomic E-state index is -0.818. The third-order valence-corrected chi connectivity index (χ3v) is 5.63. The normalized spacial score (nSPS) is 24.0. The van der Waals surface area contributed by atoms with E-state index in [1.165, 1.54) is 15.3 Å². The minimum absolute atomic E-state index is 0.282. The van der Waals surface area contributed by atoms with Crippen LogP contribution < -0.4 is 10.9 Å². The highest BCUT2D eigenvalue weighted by Crippen LogP contribution is 2.59. The third-order valence-electron chi connectivity index (χ3n) is 5.20. The van der Waals surface area contributed by atoms with Crippen molar-refractivity contribution in [1.82, 2.24) is 19.0 Å². The third kappa shape index (κ3) is 1.73. The van der Waals surface area contributed by atoms with Crippen molar-refractivity contribution < 1.29 is 4.79 Å². The summed E-state index contributed by atoms with van der Waals surface area (Å²) in [6.07, 6.45) is 4.52. The van der Waals surface area contributed by atoms with Crippen molar-refractivity contribution in [2.24, 2.45) is 5.41 Å². The number of rotatable bonds is 2. The van der Waals surface area contributed by atoms with E-state index in [1.54, 1.807) is 24.4 Å². The Hall–Kier alpha value is -2.41. The Labute approximate surface area is 143 Å². The molecule has 4 rings (SSSR count). The van der Waals surface area contributed by atoms with E-state index in [-0.39, 0.29) is 16.9 Å². The number of amides is 1. The summed E-state index contributed by atoms with van der Waals surface area (Å²) in [7, 11) is 0. The molecule has 1 atom stereocenters. The highest BCUT2D eigenvalue weighted by molar-refractivity contribution is 6.25. The number of hydrogen-bond acceptors (Lipinski definition) is 5. The molecule has 0 aromatic carbocycles. The monoisotopic (exact) mass is 345 g/mol. The van der Waals surface area contributed by atoms with Crippen molar-refractivity contribution in [3.05, 3.63) is 46.8 Å². The van der Waals surface area contributed by atoms with Gasteiger partial charge in [0.15, 0.2) is 0 Å². The minimum Gasteiger partial charge on any atom is -0.336 e. The fourth-order valence-corrected chi connectivity index (χ4v) is 4.13. The highest BCUT2D eigenvalue weighted by atomic mass is 35.5. The highest BCUT2D eigenvalue weighted by Gasteiger charge is 2.64. The molecule has 124 valence electrons. The van der Waals surface area contributed by atoms with E-state index in [9.17, 15) is 9.59 Å². The summed E-state index contributed by atoms with van der Waals surface area (Å²) in [5.41, 5.74) is -0.722.